The van der Waals surface area contributed by atoms with Crippen molar-refractivity contribution >= 4 is 27.7 Å². The quantitative estimate of drug-likeness (QED) is 0.660. The van der Waals surface area contributed by atoms with Crippen LogP contribution in [0.25, 0.3) is 0 Å². The lowest BCUT2D eigenvalue weighted by atomic mass is 9.97. The number of nitrogens with zero attached hydrogens (tertiary/aromatic N) is 1. The van der Waals surface area contributed by atoms with Crippen LogP contribution in [-0.2, 0) is 14.8 Å². The number of sulfonamides is 1. The first-order valence-electron chi connectivity index (χ1n) is 9.78. The van der Waals surface area contributed by atoms with Gasteiger partial charge in [-0.15, -0.1) is 0 Å². The number of ether oxygens (including phenoxy) is 1. The largest absolute Gasteiger partial charge is 0.465 e. The predicted octanol–water partition coefficient (Wildman–Crippen LogP) is 2.83. The molecule has 10 heteroatoms. The summed E-state index contributed by atoms with van der Waals surface area (Å²) in [5.74, 6) is -0.813. The molecule has 166 valence electrons. The molecule has 1 fully saturated rings. The van der Waals surface area contributed by atoms with Crippen LogP contribution in [0.15, 0.2) is 53.4 Å². The van der Waals surface area contributed by atoms with Gasteiger partial charge in [0.05, 0.1) is 17.6 Å². The highest BCUT2D eigenvalue weighted by Gasteiger charge is 2.24. The minimum atomic E-state index is -3.71. The molecular weight excluding hydrogens is 425 g/mol. The van der Waals surface area contributed by atoms with Crippen LogP contribution < -0.4 is 10.0 Å². The third-order valence-electron chi connectivity index (χ3n) is 5.14. The molecule has 0 aliphatic carbocycles. The fraction of sp³-hybridized carbons (Fsp3) is 0.333. The number of carbonyl (C=O) groups is 2. The Balaban J connectivity index is 1.47. The number of hydrogen-bond donors (Lipinski definition) is 2. The average Bonchev–Trinajstić information content (AvgIpc) is 2.79. The maximum atomic E-state index is 13.0. The number of rotatable bonds is 6. The van der Waals surface area contributed by atoms with Gasteiger partial charge in [-0.2, -0.15) is 0 Å². The highest BCUT2D eigenvalue weighted by atomic mass is 32.2. The molecule has 2 N–H and O–H groups in total. The molecule has 8 nitrogen and oxygen atoms in total. The molecular formula is C21H24FN3O5S. The van der Waals surface area contributed by atoms with Crippen molar-refractivity contribution in [2.24, 2.45) is 5.92 Å². The van der Waals surface area contributed by atoms with E-state index in [0.29, 0.717) is 31.6 Å². The number of anilines is 1. The van der Waals surface area contributed by atoms with E-state index in [9.17, 15) is 22.4 Å². The van der Waals surface area contributed by atoms with Gasteiger partial charge in [-0.1, -0.05) is 0 Å². The lowest BCUT2D eigenvalue weighted by Crippen LogP contribution is -2.43. The lowest BCUT2D eigenvalue weighted by molar-refractivity contribution is 0.0600. The highest BCUT2D eigenvalue weighted by Crippen LogP contribution is 2.19. The third kappa shape index (κ3) is 6.02. The van der Waals surface area contributed by atoms with E-state index in [2.05, 4.69) is 14.8 Å². The zero-order chi connectivity index (χ0) is 22.4. The molecule has 2 aromatic rings. The Bertz CT molecular complexity index is 1020. The SMILES string of the molecule is COC(=O)c1ccc(S(=O)(=O)NCC2CCN(C(=O)Nc3ccc(F)cc3)CC2)cc1. The van der Waals surface area contributed by atoms with Gasteiger partial charge >= 0.3 is 12.0 Å². The fourth-order valence-electron chi connectivity index (χ4n) is 3.27. The van der Waals surface area contributed by atoms with Crippen LogP contribution in [0.4, 0.5) is 14.9 Å². The van der Waals surface area contributed by atoms with Gasteiger partial charge in [-0.05, 0) is 67.3 Å². The van der Waals surface area contributed by atoms with E-state index < -0.39 is 16.0 Å². The monoisotopic (exact) mass is 449 g/mol. The summed E-state index contributed by atoms with van der Waals surface area (Å²) in [6.45, 7) is 1.25. The van der Waals surface area contributed by atoms with Gasteiger partial charge in [0, 0.05) is 25.3 Å². The van der Waals surface area contributed by atoms with Gasteiger partial charge in [0.25, 0.3) is 0 Å². The Hall–Kier alpha value is -2.98. The zero-order valence-electron chi connectivity index (χ0n) is 17.0. The van der Waals surface area contributed by atoms with Crippen molar-refractivity contribution in [3.8, 4) is 0 Å². The smallest absolute Gasteiger partial charge is 0.337 e. The van der Waals surface area contributed by atoms with Crippen molar-refractivity contribution < 1.29 is 27.1 Å². The molecule has 1 aliphatic rings. The molecule has 0 aromatic heterocycles. The van der Waals surface area contributed by atoms with Crippen molar-refractivity contribution in [1.82, 2.24) is 9.62 Å². The number of methoxy groups -OCH3 is 1. The maximum Gasteiger partial charge on any atom is 0.337 e. The van der Waals surface area contributed by atoms with Crippen molar-refractivity contribution in [3.05, 3.63) is 59.9 Å². The van der Waals surface area contributed by atoms with E-state index in [0.717, 1.165) is 0 Å². The summed E-state index contributed by atoms with van der Waals surface area (Å²) in [7, 11) is -2.45. The Morgan fingerprint density at radius 1 is 1.06 bits per heavy atom. The first-order valence-corrected chi connectivity index (χ1v) is 11.3. The van der Waals surface area contributed by atoms with Crippen LogP contribution in [0, 0.1) is 11.7 Å². The molecule has 1 heterocycles. The van der Waals surface area contributed by atoms with Gasteiger partial charge in [0.15, 0.2) is 0 Å². The Kier molecular flexibility index (Phi) is 7.24. The van der Waals surface area contributed by atoms with Crippen LogP contribution in [0.5, 0.6) is 0 Å². The van der Waals surface area contributed by atoms with E-state index in [-0.39, 0.29) is 34.8 Å². The summed E-state index contributed by atoms with van der Waals surface area (Å²) in [6.07, 6.45) is 1.31. The molecule has 2 amide bonds. The number of hydrogen-bond acceptors (Lipinski definition) is 5. The lowest BCUT2D eigenvalue weighted by Gasteiger charge is -2.32. The second kappa shape index (κ2) is 9.88. The van der Waals surface area contributed by atoms with Crippen LogP contribution in [0.2, 0.25) is 0 Å². The van der Waals surface area contributed by atoms with Crippen LogP contribution >= 0.6 is 0 Å². The van der Waals surface area contributed by atoms with E-state index in [4.69, 9.17) is 0 Å². The topological polar surface area (TPSA) is 105 Å². The number of esters is 1. The standard InChI is InChI=1S/C21H24FN3O5S/c1-30-20(26)16-2-8-19(9-3-16)31(28,29)23-14-15-10-12-25(13-11-15)21(27)24-18-6-4-17(22)5-7-18/h2-9,15,23H,10-14H2,1H3,(H,24,27). The normalized spacial score (nSPS) is 14.8. The van der Waals surface area contributed by atoms with Crippen molar-refractivity contribution in [3.63, 3.8) is 0 Å². The molecule has 0 radical (unpaired) electrons. The molecule has 3 rings (SSSR count). The second-order valence-electron chi connectivity index (χ2n) is 7.24. The van der Waals surface area contributed by atoms with E-state index in [1.165, 1.54) is 55.6 Å². The summed E-state index contributed by atoms with van der Waals surface area (Å²) >= 11 is 0. The number of halogens is 1. The fourth-order valence-corrected chi connectivity index (χ4v) is 4.39. The molecule has 1 aliphatic heterocycles. The zero-order valence-corrected chi connectivity index (χ0v) is 17.8. The van der Waals surface area contributed by atoms with Gasteiger partial charge < -0.3 is 15.0 Å². The van der Waals surface area contributed by atoms with Gasteiger partial charge in [-0.3, -0.25) is 0 Å². The second-order valence-corrected chi connectivity index (χ2v) is 9.00. The number of piperidine rings is 1. The number of nitrogens with one attached hydrogen (secondary N) is 2. The average molecular weight is 450 g/mol. The van der Waals surface area contributed by atoms with E-state index in [1.807, 2.05) is 0 Å². The maximum absolute atomic E-state index is 13.0. The number of benzene rings is 2. The molecule has 1 saturated heterocycles. The number of carbonyl (C=O) groups excluding carboxylic acids is 2. The number of likely N-dealkylation sites (tertiary alicyclic amines) is 1. The summed E-state index contributed by atoms with van der Waals surface area (Å²) in [4.78, 5) is 25.5. The Morgan fingerprint density at radius 3 is 2.26 bits per heavy atom. The van der Waals surface area contributed by atoms with Crippen LogP contribution in [0.3, 0.4) is 0 Å². The minimum Gasteiger partial charge on any atom is -0.465 e. The van der Waals surface area contributed by atoms with Gasteiger partial charge in [0.2, 0.25) is 10.0 Å². The molecule has 31 heavy (non-hydrogen) atoms. The summed E-state index contributed by atoms with van der Waals surface area (Å²) in [5, 5.41) is 2.72. The third-order valence-corrected chi connectivity index (χ3v) is 6.58. The first kappa shape index (κ1) is 22.7. The minimum absolute atomic E-state index is 0.0660. The summed E-state index contributed by atoms with van der Waals surface area (Å²) in [6, 6.07) is 10.8. The Morgan fingerprint density at radius 2 is 1.68 bits per heavy atom. The van der Waals surface area contributed by atoms with Crippen LogP contribution in [0.1, 0.15) is 23.2 Å². The van der Waals surface area contributed by atoms with Crippen molar-refractivity contribution in [2.45, 2.75) is 17.7 Å². The predicted molar refractivity (Wildman–Crippen MR) is 113 cm³/mol. The number of amides is 2. The van der Waals surface area contributed by atoms with Crippen molar-refractivity contribution in [1.29, 1.82) is 0 Å². The van der Waals surface area contributed by atoms with Crippen LogP contribution in [-0.4, -0.2) is 52.1 Å². The Labute approximate surface area is 180 Å². The molecule has 0 unspecified atom stereocenters. The summed E-state index contributed by atoms with van der Waals surface area (Å²) < 4.78 is 45.2. The first-order chi connectivity index (χ1) is 14.8. The number of urea groups is 1. The molecule has 0 saturated carbocycles. The van der Waals surface area contributed by atoms with Gasteiger partial charge in [0.1, 0.15) is 5.82 Å². The molecule has 0 atom stereocenters. The molecule has 2 aromatic carbocycles. The summed E-state index contributed by atoms with van der Waals surface area (Å²) in [5.41, 5.74) is 0.784. The van der Waals surface area contributed by atoms with E-state index >= 15 is 0 Å². The van der Waals surface area contributed by atoms with Gasteiger partial charge in [-0.25, -0.2) is 27.1 Å². The molecule has 0 bridgehead atoms. The molecule has 0 spiro atoms. The highest BCUT2D eigenvalue weighted by molar-refractivity contribution is 7.89. The van der Waals surface area contributed by atoms with E-state index in [1.54, 1.807) is 4.90 Å². The van der Waals surface area contributed by atoms with Crippen molar-refractivity contribution in [2.75, 3.05) is 32.1 Å².